The number of nitrogens with zero attached hydrogens (tertiary/aromatic N) is 5. The van der Waals surface area contributed by atoms with Crippen LogP contribution in [0.4, 0.5) is 4.39 Å². The van der Waals surface area contributed by atoms with E-state index in [0.29, 0.717) is 26.2 Å². The topological polar surface area (TPSA) is 78.8 Å². The van der Waals surface area contributed by atoms with E-state index in [0.717, 1.165) is 48.3 Å². The maximum Gasteiger partial charge on any atom is 0.282 e. The van der Waals surface area contributed by atoms with Crippen LogP contribution in [0, 0.1) is 19.7 Å². The van der Waals surface area contributed by atoms with E-state index in [4.69, 9.17) is 0 Å². The molecule has 1 aromatic carbocycles. The van der Waals surface area contributed by atoms with Crippen molar-refractivity contribution in [3.63, 3.8) is 0 Å². The third kappa shape index (κ3) is 5.04. The van der Waals surface area contributed by atoms with Gasteiger partial charge in [-0.3, -0.25) is 4.79 Å². The van der Waals surface area contributed by atoms with Crippen molar-refractivity contribution in [3.05, 3.63) is 47.0 Å². The minimum atomic E-state index is -3.52. The Hall–Kier alpha value is -2.30. The molecular formula is C24H34FN5O3S. The van der Waals surface area contributed by atoms with Crippen molar-refractivity contribution in [1.82, 2.24) is 23.3 Å². The second-order valence-corrected chi connectivity index (χ2v) is 11.3. The van der Waals surface area contributed by atoms with Crippen LogP contribution >= 0.6 is 0 Å². The smallest absolute Gasteiger partial charge is 0.282 e. The second kappa shape index (κ2) is 10.1. The highest BCUT2D eigenvalue weighted by molar-refractivity contribution is 7.86. The molecule has 1 amide bonds. The summed E-state index contributed by atoms with van der Waals surface area (Å²) in [5.74, 6) is -0.352. The van der Waals surface area contributed by atoms with E-state index >= 15 is 0 Å². The van der Waals surface area contributed by atoms with Crippen molar-refractivity contribution >= 4 is 16.1 Å². The molecule has 0 spiro atoms. The van der Waals surface area contributed by atoms with Gasteiger partial charge in [0.1, 0.15) is 5.82 Å². The third-order valence-corrected chi connectivity index (χ3v) is 9.25. The molecule has 0 N–H and O–H groups in total. The first-order chi connectivity index (χ1) is 16.2. The molecule has 1 aromatic heterocycles. The number of carbonyl (C=O) groups excluding carboxylic acids is 1. The number of benzene rings is 1. The molecule has 186 valence electrons. The summed E-state index contributed by atoms with van der Waals surface area (Å²) in [7, 11) is -1.84. The first kappa shape index (κ1) is 24.8. The van der Waals surface area contributed by atoms with E-state index in [2.05, 4.69) is 5.10 Å². The fourth-order valence-corrected chi connectivity index (χ4v) is 6.59. The molecule has 2 heterocycles. The first-order valence-electron chi connectivity index (χ1n) is 12.0. The van der Waals surface area contributed by atoms with Crippen LogP contribution < -0.4 is 0 Å². The molecule has 1 saturated heterocycles. The summed E-state index contributed by atoms with van der Waals surface area (Å²) in [6, 6.07) is 6.16. The van der Waals surface area contributed by atoms with Crippen LogP contribution in [0.1, 0.15) is 49.1 Å². The molecule has 4 rings (SSSR count). The molecule has 10 heteroatoms. The van der Waals surface area contributed by atoms with Crippen molar-refractivity contribution in [2.75, 3.05) is 33.2 Å². The summed E-state index contributed by atoms with van der Waals surface area (Å²) in [4.78, 5) is 14.8. The fourth-order valence-electron chi connectivity index (χ4n) is 5.01. The SMILES string of the molecule is Cc1nn(-c2ccc(F)cc2)c(C)c1CC(=O)N1CCN(S(=O)(=O)N(C)C2CCCCC2)CC1. The molecule has 0 atom stereocenters. The fraction of sp³-hybridized carbons (Fsp3) is 0.583. The van der Waals surface area contributed by atoms with Crippen LogP contribution in [0.2, 0.25) is 0 Å². The Bertz CT molecular complexity index is 1120. The highest BCUT2D eigenvalue weighted by Gasteiger charge is 2.35. The quantitative estimate of drug-likeness (QED) is 0.623. The Kier molecular flexibility index (Phi) is 7.39. The zero-order chi connectivity index (χ0) is 24.5. The Labute approximate surface area is 201 Å². The summed E-state index contributed by atoms with van der Waals surface area (Å²) in [5.41, 5.74) is 3.18. The molecule has 1 aliphatic heterocycles. The normalized spacial score (nSPS) is 18.6. The first-order valence-corrected chi connectivity index (χ1v) is 13.4. The molecule has 0 bridgehead atoms. The largest absolute Gasteiger partial charge is 0.340 e. The van der Waals surface area contributed by atoms with Gasteiger partial charge in [0.15, 0.2) is 0 Å². The number of amides is 1. The third-order valence-electron chi connectivity index (χ3n) is 7.21. The number of hydrogen-bond donors (Lipinski definition) is 0. The summed E-state index contributed by atoms with van der Waals surface area (Å²) in [5, 5.41) is 4.55. The Balaban J connectivity index is 1.38. The van der Waals surface area contributed by atoms with E-state index in [-0.39, 0.29) is 24.2 Å². The van der Waals surface area contributed by atoms with E-state index in [1.54, 1.807) is 33.1 Å². The van der Waals surface area contributed by atoms with E-state index in [1.807, 2.05) is 13.8 Å². The summed E-state index contributed by atoms with van der Waals surface area (Å²) in [6.45, 7) is 5.12. The Morgan fingerprint density at radius 1 is 1.06 bits per heavy atom. The van der Waals surface area contributed by atoms with Gasteiger partial charge in [-0.1, -0.05) is 19.3 Å². The van der Waals surface area contributed by atoms with Crippen LogP contribution in [0.15, 0.2) is 24.3 Å². The molecule has 1 saturated carbocycles. The van der Waals surface area contributed by atoms with Gasteiger partial charge in [-0.25, -0.2) is 9.07 Å². The van der Waals surface area contributed by atoms with Gasteiger partial charge in [-0.05, 0) is 51.0 Å². The lowest BCUT2D eigenvalue weighted by Crippen LogP contribution is -2.55. The molecule has 2 aliphatic rings. The number of hydrogen-bond acceptors (Lipinski definition) is 4. The molecule has 0 unspecified atom stereocenters. The lowest BCUT2D eigenvalue weighted by atomic mass is 9.96. The molecule has 1 aliphatic carbocycles. The van der Waals surface area contributed by atoms with Crippen molar-refractivity contribution in [2.45, 2.75) is 58.4 Å². The average Bonchev–Trinajstić information content (AvgIpc) is 3.13. The van der Waals surface area contributed by atoms with Crippen molar-refractivity contribution in [2.24, 2.45) is 0 Å². The second-order valence-electron chi connectivity index (χ2n) is 9.31. The predicted molar refractivity (Wildman–Crippen MR) is 128 cm³/mol. The van der Waals surface area contributed by atoms with Gasteiger partial charge in [0.05, 0.1) is 17.8 Å². The number of aryl methyl sites for hydroxylation is 1. The van der Waals surface area contributed by atoms with E-state index in [9.17, 15) is 17.6 Å². The standard InChI is InChI=1S/C24H34FN5O3S/c1-18-23(19(2)30(26-18)22-11-9-20(25)10-12-22)17-24(31)28-13-15-29(16-14-28)34(32,33)27(3)21-7-5-4-6-8-21/h9-12,21H,4-8,13-17H2,1-3H3. The Morgan fingerprint density at radius 2 is 1.68 bits per heavy atom. The van der Waals surface area contributed by atoms with Crippen LogP contribution in [-0.4, -0.2) is 76.9 Å². The minimum Gasteiger partial charge on any atom is -0.340 e. The molecule has 0 radical (unpaired) electrons. The van der Waals surface area contributed by atoms with Gasteiger partial charge in [-0.2, -0.15) is 22.1 Å². The van der Waals surface area contributed by atoms with Crippen LogP contribution in [0.3, 0.4) is 0 Å². The van der Waals surface area contributed by atoms with Gasteiger partial charge >= 0.3 is 0 Å². The number of carbonyl (C=O) groups is 1. The molecular weight excluding hydrogens is 457 g/mol. The highest BCUT2D eigenvalue weighted by atomic mass is 32.2. The van der Waals surface area contributed by atoms with Crippen LogP contribution in [0.25, 0.3) is 5.69 Å². The minimum absolute atomic E-state index is 0.0393. The number of halogens is 1. The predicted octanol–water partition coefficient (Wildman–Crippen LogP) is 2.82. The Morgan fingerprint density at radius 3 is 2.29 bits per heavy atom. The average molecular weight is 492 g/mol. The lowest BCUT2D eigenvalue weighted by molar-refractivity contribution is -0.131. The van der Waals surface area contributed by atoms with E-state index in [1.165, 1.54) is 22.9 Å². The summed E-state index contributed by atoms with van der Waals surface area (Å²) < 4.78 is 44.3. The van der Waals surface area contributed by atoms with Gasteiger partial charge in [0.25, 0.3) is 10.2 Å². The maximum absolute atomic E-state index is 13.3. The monoisotopic (exact) mass is 491 g/mol. The number of aromatic nitrogens is 2. The molecule has 34 heavy (non-hydrogen) atoms. The molecule has 8 nitrogen and oxygen atoms in total. The van der Waals surface area contributed by atoms with Crippen LogP contribution in [0.5, 0.6) is 0 Å². The molecule has 2 fully saturated rings. The zero-order valence-electron chi connectivity index (χ0n) is 20.2. The lowest BCUT2D eigenvalue weighted by Gasteiger charge is -2.38. The summed E-state index contributed by atoms with van der Waals surface area (Å²) >= 11 is 0. The van der Waals surface area contributed by atoms with Gasteiger partial charge in [0, 0.05) is 50.5 Å². The highest BCUT2D eigenvalue weighted by Crippen LogP contribution is 2.25. The van der Waals surface area contributed by atoms with Gasteiger partial charge < -0.3 is 4.90 Å². The van der Waals surface area contributed by atoms with Crippen molar-refractivity contribution in [1.29, 1.82) is 0 Å². The van der Waals surface area contributed by atoms with Crippen molar-refractivity contribution < 1.29 is 17.6 Å². The van der Waals surface area contributed by atoms with Gasteiger partial charge in [-0.15, -0.1) is 0 Å². The number of rotatable bonds is 6. The van der Waals surface area contributed by atoms with Gasteiger partial charge in [0.2, 0.25) is 5.91 Å². The maximum atomic E-state index is 13.3. The molecule has 2 aromatic rings. The zero-order valence-corrected chi connectivity index (χ0v) is 21.0. The van der Waals surface area contributed by atoms with Crippen molar-refractivity contribution in [3.8, 4) is 5.69 Å². The number of piperazine rings is 1. The summed E-state index contributed by atoms with van der Waals surface area (Å²) in [6.07, 6.45) is 5.35. The van der Waals surface area contributed by atoms with Crippen LogP contribution in [-0.2, 0) is 21.4 Å². The van der Waals surface area contributed by atoms with E-state index < -0.39 is 10.2 Å².